The summed E-state index contributed by atoms with van der Waals surface area (Å²) < 4.78 is 0. The summed E-state index contributed by atoms with van der Waals surface area (Å²) in [6.07, 6.45) is 5.05. The average molecular weight is 308 g/mol. The fourth-order valence-corrected chi connectivity index (χ4v) is 3.37. The second-order valence-electron chi connectivity index (χ2n) is 5.17. The SMILES string of the molecule is CSC1CCC(NC(=O)N[C@@H](C(=O)O)c2ccccc2)C1. The van der Waals surface area contributed by atoms with Gasteiger partial charge in [-0.3, -0.25) is 0 Å². The predicted molar refractivity (Wildman–Crippen MR) is 83.4 cm³/mol. The zero-order valence-corrected chi connectivity index (χ0v) is 12.7. The van der Waals surface area contributed by atoms with Crippen molar-refractivity contribution in [2.45, 2.75) is 36.6 Å². The highest BCUT2D eigenvalue weighted by Gasteiger charge is 2.27. The van der Waals surface area contributed by atoms with E-state index in [1.54, 1.807) is 24.3 Å². The van der Waals surface area contributed by atoms with Gasteiger partial charge in [-0.05, 0) is 31.1 Å². The third-order valence-corrected chi connectivity index (χ3v) is 4.80. The van der Waals surface area contributed by atoms with Crippen LogP contribution >= 0.6 is 11.8 Å². The monoisotopic (exact) mass is 308 g/mol. The molecule has 1 aliphatic carbocycles. The molecule has 0 aliphatic heterocycles. The van der Waals surface area contributed by atoms with Crippen LogP contribution in [0.25, 0.3) is 0 Å². The molecule has 0 aromatic heterocycles. The standard InChI is InChI=1S/C15H20N2O3S/c1-21-12-8-7-11(9-12)16-15(20)17-13(14(18)19)10-5-3-2-4-6-10/h2-6,11-13H,7-9H2,1H3,(H,18,19)(H2,16,17,20)/t11?,12?,13-/m1/s1. The van der Waals surface area contributed by atoms with Crippen molar-refractivity contribution in [2.75, 3.05) is 6.26 Å². The number of nitrogens with one attached hydrogen (secondary N) is 2. The number of carboxylic acids is 1. The number of amides is 2. The van der Waals surface area contributed by atoms with Gasteiger partial charge in [-0.2, -0.15) is 11.8 Å². The highest BCUT2D eigenvalue weighted by atomic mass is 32.2. The topological polar surface area (TPSA) is 78.4 Å². The Kier molecular flexibility index (Phi) is 5.50. The van der Waals surface area contributed by atoms with Gasteiger partial charge in [0.15, 0.2) is 6.04 Å². The lowest BCUT2D eigenvalue weighted by Gasteiger charge is -2.18. The number of hydrogen-bond donors (Lipinski definition) is 3. The number of carbonyl (C=O) groups excluding carboxylic acids is 1. The number of benzene rings is 1. The summed E-state index contributed by atoms with van der Waals surface area (Å²) in [5.41, 5.74) is 0.563. The first kappa shape index (κ1) is 15.7. The quantitative estimate of drug-likeness (QED) is 0.780. The lowest BCUT2D eigenvalue weighted by Crippen LogP contribution is -2.44. The first-order valence-electron chi connectivity index (χ1n) is 6.97. The Labute approximate surface area is 128 Å². The fraction of sp³-hybridized carbons (Fsp3) is 0.467. The van der Waals surface area contributed by atoms with Crippen molar-refractivity contribution in [1.82, 2.24) is 10.6 Å². The summed E-state index contributed by atoms with van der Waals surface area (Å²) in [5, 5.41) is 15.3. The van der Waals surface area contributed by atoms with Gasteiger partial charge in [0.05, 0.1) is 0 Å². The van der Waals surface area contributed by atoms with Crippen LogP contribution in [-0.4, -0.2) is 34.7 Å². The van der Waals surface area contributed by atoms with Crippen LogP contribution in [0, 0.1) is 0 Å². The molecular weight excluding hydrogens is 288 g/mol. The maximum atomic E-state index is 12.0. The number of carboxylic acid groups (broad SMARTS) is 1. The van der Waals surface area contributed by atoms with Crippen molar-refractivity contribution in [3.8, 4) is 0 Å². The molecule has 1 aliphatic rings. The van der Waals surface area contributed by atoms with Crippen molar-refractivity contribution in [2.24, 2.45) is 0 Å². The lowest BCUT2D eigenvalue weighted by molar-refractivity contribution is -0.139. The molecule has 0 bridgehead atoms. The van der Waals surface area contributed by atoms with E-state index in [-0.39, 0.29) is 6.04 Å². The zero-order valence-electron chi connectivity index (χ0n) is 11.9. The van der Waals surface area contributed by atoms with Gasteiger partial charge in [0, 0.05) is 11.3 Å². The van der Waals surface area contributed by atoms with Crippen LogP contribution in [0.1, 0.15) is 30.9 Å². The van der Waals surface area contributed by atoms with E-state index in [0.29, 0.717) is 10.8 Å². The molecule has 0 radical (unpaired) electrons. The molecule has 0 heterocycles. The van der Waals surface area contributed by atoms with E-state index < -0.39 is 18.0 Å². The molecule has 2 rings (SSSR count). The third kappa shape index (κ3) is 4.39. The second-order valence-corrected chi connectivity index (χ2v) is 6.31. The van der Waals surface area contributed by atoms with Gasteiger partial charge < -0.3 is 15.7 Å². The largest absolute Gasteiger partial charge is 0.479 e. The Morgan fingerprint density at radius 2 is 2.00 bits per heavy atom. The van der Waals surface area contributed by atoms with E-state index in [1.807, 2.05) is 17.8 Å². The number of rotatable bonds is 5. The number of thioether (sulfide) groups is 1. The van der Waals surface area contributed by atoms with Gasteiger partial charge in [0.1, 0.15) is 0 Å². The third-order valence-electron chi connectivity index (χ3n) is 3.71. The molecule has 2 unspecified atom stereocenters. The van der Waals surface area contributed by atoms with E-state index >= 15 is 0 Å². The van der Waals surface area contributed by atoms with Crippen molar-refractivity contribution < 1.29 is 14.7 Å². The van der Waals surface area contributed by atoms with E-state index in [0.717, 1.165) is 19.3 Å². The van der Waals surface area contributed by atoms with Crippen LogP contribution in [-0.2, 0) is 4.79 Å². The minimum absolute atomic E-state index is 0.132. The van der Waals surface area contributed by atoms with Gasteiger partial charge in [0.25, 0.3) is 0 Å². The highest BCUT2D eigenvalue weighted by molar-refractivity contribution is 7.99. The molecule has 1 fully saturated rings. The molecule has 1 saturated carbocycles. The molecule has 114 valence electrons. The molecule has 2 amide bonds. The van der Waals surface area contributed by atoms with Crippen LogP contribution in [0.15, 0.2) is 30.3 Å². The first-order valence-corrected chi connectivity index (χ1v) is 8.26. The van der Waals surface area contributed by atoms with E-state index in [9.17, 15) is 14.7 Å². The lowest BCUT2D eigenvalue weighted by atomic mass is 10.1. The zero-order chi connectivity index (χ0) is 15.2. The van der Waals surface area contributed by atoms with Crippen molar-refractivity contribution in [3.63, 3.8) is 0 Å². The molecule has 21 heavy (non-hydrogen) atoms. The molecule has 1 aromatic rings. The van der Waals surface area contributed by atoms with Crippen molar-refractivity contribution in [1.29, 1.82) is 0 Å². The predicted octanol–water partition coefficient (Wildman–Crippen LogP) is 2.40. The van der Waals surface area contributed by atoms with Gasteiger partial charge in [-0.1, -0.05) is 30.3 Å². The number of aliphatic carboxylic acids is 1. The summed E-state index contributed by atoms with van der Waals surface area (Å²) in [6, 6.07) is 7.39. The number of urea groups is 1. The fourth-order valence-electron chi connectivity index (χ4n) is 2.58. The molecule has 5 nitrogen and oxygen atoms in total. The minimum atomic E-state index is -1.07. The van der Waals surface area contributed by atoms with Crippen LogP contribution in [0.2, 0.25) is 0 Å². The highest BCUT2D eigenvalue weighted by Crippen LogP contribution is 2.28. The van der Waals surface area contributed by atoms with Crippen LogP contribution in [0.5, 0.6) is 0 Å². The van der Waals surface area contributed by atoms with Crippen molar-refractivity contribution >= 4 is 23.8 Å². The molecule has 1 aromatic carbocycles. The maximum absolute atomic E-state index is 12.0. The van der Waals surface area contributed by atoms with Crippen LogP contribution in [0.4, 0.5) is 4.79 Å². The molecule has 3 N–H and O–H groups in total. The first-order chi connectivity index (χ1) is 10.1. The normalized spacial score (nSPS) is 22.5. The summed E-state index contributed by atoms with van der Waals surface area (Å²) in [4.78, 5) is 23.3. The Balaban J connectivity index is 1.92. The number of carbonyl (C=O) groups is 2. The van der Waals surface area contributed by atoms with Gasteiger partial charge in [0.2, 0.25) is 0 Å². The molecule has 6 heteroatoms. The summed E-state index contributed by atoms with van der Waals surface area (Å²) in [6.45, 7) is 0. The van der Waals surface area contributed by atoms with E-state index in [2.05, 4.69) is 16.9 Å². The van der Waals surface area contributed by atoms with Crippen molar-refractivity contribution in [3.05, 3.63) is 35.9 Å². The Morgan fingerprint density at radius 1 is 1.29 bits per heavy atom. The second kappa shape index (κ2) is 7.36. The molecule has 0 spiro atoms. The minimum Gasteiger partial charge on any atom is -0.479 e. The maximum Gasteiger partial charge on any atom is 0.330 e. The Bertz CT molecular complexity index is 495. The molecule has 0 saturated heterocycles. The summed E-state index contributed by atoms with van der Waals surface area (Å²) in [5.74, 6) is -1.07. The van der Waals surface area contributed by atoms with Crippen LogP contribution < -0.4 is 10.6 Å². The van der Waals surface area contributed by atoms with E-state index in [1.165, 1.54) is 0 Å². The Hall–Kier alpha value is -1.69. The average Bonchev–Trinajstić information content (AvgIpc) is 2.93. The van der Waals surface area contributed by atoms with Crippen LogP contribution in [0.3, 0.4) is 0 Å². The molecular formula is C15H20N2O3S. The van der Waals surface area contributed by atoms with Gasteiger partial charge in [-0.15, -0.1) is 0 Å². The van der Waals surface area contributed by atoms with Gasteiger partial charge >= 0.3 is 12.0 Å². The van der Waals surface area contributed by atoms with Gasteiger partial charge in [-0.25, -0.2) is 9.59 Å². The summed E-state index contributed by atoms with van der Waals surface area (Å²) >= 11 is 1.81. The number of hydrogen-bond acceptors (Lipinski definition) is 3. The molecule has 3 atom stereocenters. The Morgan fingerprint density at radius 3 is 2.57 bits per heavy atom. The van der Waals surface area contributed by atoms with E-state index in [4.69, 9.17) is 0 Å². The summed E-state index contributed by atoms with van der Waals surface area (Å²) in [7, 11) is 0. The smallest absolute Gasteiger partial charge is 0.330 e.